The van der Waals surface area contributed by atoms with Crippen LogP contribution in [0.25, 0.3) is 0 Å². The Hall–Kier alpha value is -2.47. The number of rotatable bonds is 4. The first kappa shape index (κ1) is 16.4. The second kappa shape index (κ2) is 6.97. The number of aliphatic hydroxyl groups is 1. The first-order valence-electron chi connectivity index (χ1n) is 7.78. The molecule has 1 aromatic carbocycles. The molecule has 0 aliphatic carbocycles. The van der Waals surface area contributed by atoms with E-state index in [4.69, 9.17) is 4.74 Å². The number of β-amino-alcohol motifs (C(OH)–C–C–N with tert-alkyl or cyclic N) is 1. The Labute approximate surface area is 139 Å². The average molecular weight is 330 g/mol. The van der Waals surface area contributed by atoms with E-state index in [1.807, 2.05) is 0 Å². The quantitative estimate of drug-likeness (QED) is 0.933. The molecule has 1 amide bonds. The second-order valence-electron chi connectivity index (χ2n) is 5.87. The zero-order valence-corrected chi connectivity index (χ0v) is 13.4. The standard InChI is InChI=1S/C18H19FN2O3/c1-24-16-7-6-14(20-10-16)8-18(23)21-11-15(22)9-17(21)12-2-4-13(19)5-3-12/h2-7,10,15,17,22H,8-9,11H2,1H3/t15-,17-/m1/s1. The van der Waals surface area contributed by atoms with E-state index in [-0.39, 0.29) is 30.7 Å². The fraction of sp³-hybridized carbons (Fsp3) is 0.333. The number of methoxy groups -OCH3 is 1. The minimum Gasteiger partial charge on any atom is -0.495 e. The van der Waals surface area contributed by atoms with Gasteiger partial charge in [0.05, 0.1) is 31.9 Å². The van der Waals surface area contributed by atoms with Crippen LogP contribution in [0.4, 0.5) is 4.39 Å². The molecule has 0 spiro atoms. The number of pyridine rings is 1. The fourth-order valence-electron chi connectivity index (χ4n) is 2.98. The second-order valence-corrected chi connectivity index (χ2v) is 5.87. The Morgan fingerprint density at radius 2 is 2.08 bits per heavy atom. The third-order valence-corrected chi connectivity index (χ3v) is 4.22. The summed E-state index contributed by atoms with van der Waals surface area (Å²) in [5.74, 6) is 0.197. The smallest absolute Gasteiger partial charge is 0.229 e. The number of benzene rings is 1. The number of ether oxygens (including phenoxy) is 1. The number of amides is 1. The van der Waals surface area contributed by atoms with Crippen LogP contribution in [-0.4, -0.2) is 40.7 Å². The molecule has 1 aromatic heterocycles. The number of carbonyl (C=O) groups excluding carboxylic acids is 1. The number of halogens is 1. The van der Waals surface area contributed by atoms with Crippen LogP contribution >= 0.6 is 0 Å². The van der Waals surface area contributed by atoms with Gasteiger partial charge in [0.1, 0.15) is 11.6 Å². The van der Waals surface area contributed by atoms with Gasteiger partial charge >= 0.3 is 0 Å². The Morgan fingerprint density at radius 3 is 2.71 bits per heavy atom. The number of aromatic nitrogens is 1. The molecule has 1 aliphatic heterocycles. The third-order valence-electron chi connectivity index (χ3n) is 4.22. The highest BCUT2D eigenvalue weighted by Gasteiger charge is 2.35. The lowest BCUT2D eigenvalue weighted by molar-refractivity contribution is -0.131. The van der Waals surface area contributed by atoms with Crippen molar-refractivity contribution in [3.05, 3.63) is 59.7 Å². The van der Waals surface area contributed by atoms with E-state index in [9.17, 15) is 14.3 Å². The lowest BCUT2D eigenvalue weighted by atomic mass is 10.0. The summed E-state index contributed by atoms with van der Waals surface area (Å²) in [6.07, 6.45) is 1.59. The molecule has 5 nitrogen and oxygen atoms in total. The monoisotopic (exact) mass is 330 g/mol. The Morgan fingerprint density at radius 1 is 1.33 bits per heavy atom. The van der Waals surface area contributed by atoms with E-state index in [0.29, 0.717) is 17.9 Å². The molecule has 2 heterocycles. The van der Waals surface area contributed by atoms with Gasteiger partial charge in [-0.2, -0.15) is 0 Å². The predicted molar refractivity (Wildman–Crippen MR) is 86.0 cm³/mol. The maximum Gasteiger partial charge on any atom is 0.229 e. The van der Waals surface area contributed by atoms with E-state index < -0.39 is 6.10 Å². The van der Waals surface area contributed by atoms with Crippen LogP contribution in [0.2, 0.25) is 0 Å². The lowest BCUT2D eigenvalue weighted by Gasteiger charge is -2.24. The van der Waals surface area contributed by atoms with Gasteiger partial charge in [-0.25, -0.2) is 4.39 Å². The number of nitrogens with zero attached hydrogens (tertiary/aromatic N) is 2. The maximum atomic E-state index is 13.1. The molecule has 24 heavy (non-hydrogen) atoms. The molecule has 1 fully saturated rings. The molecule has 1 aliphatic rings. The Balaban J connectivity index is 1.75. The Bertz CT molecular complexity index is 703. The van der Waals surface area contributed by atoms with Crippen molar-refractivity contribution in [3.63, 3.8) is 0 Å². The molecule has 3 rings (SSSR count). The lowest BCUT2D eigenvalue weighted by Crippen LogP contribution is -2.33. The molecule has 2 aromatic rings. The molecule has 6 heteroatoms. The molecule has 0 unspecified atom stereocenters. The zero-order valence-electron chi connectivity index (χ0n) is 13.4. The first-order chi connectivity index (χ1) is 11.6. The molecule has 0 bridgehead atoms. The highest BCUT2D eigenvalue weighted by Crippen LogP contribution is 2.32. The fourth-order valence-corrected chi connectivity index (χ4v) is 2.98. The molecular weight excluding hydrogens is 311 g/mol. The van der Waals surface area contributed by atoms with Crippen LogP contribution in [0.1, 0.15) is 23.7 Å². The van der Waals surface area contributed by atoms with Gasteiger partial charge in [0, 0.05) is 12.2 Å². The van der Waals surface area contributed by atoms with E-state index in [0.717, 1.165) is 5.56 Å². The summed E-state index contributed by atoms with van der Waals surface area (Å²) in [6, 6.07) is 9.31. The molecule has 0 saturated carbocycles. The van der Waals surface area contributed by atoms with Crippen LogP contribution < -0.4 is 4.74 Å². The summed E-state index contributed by atoms with van der Waals surface area (Å²) in [6.45, 7) is 0.275. The van der Waals surface area contributed by atoms with Gasteiger partial charge in [0.15, 0.2) is 0 Å². The van der Waals surface area contributed by atoms with Gasteiger partial charge in [-0.15, -0.1) is 0 Å². The number of carbonyl (C=O) groups is 1. The SMILES string of the molecule is COc1ccc(CC(=O)N2C[C@H](O)C[C@@H]2c2ccc(F)cc2)nc1. The van der Waals surface area contributed by atoms with E-state index in [1.165, 1.54) is 12.1 Å². The summed E-state index contributed by atoms with van der Waals surface area (Å²) < 4.78 is 18.2. The van der Waals surface area contributed by atoms with Gasteiger partial charge in [0.25, 0.3) is 0 Å². The number of hydrogen-bond donors (Lipinski definition) is 1. The number of likely N-dealkylation sites (tertiary alicyclic amines) is 1. The van der Waals surface area contributed by atoms with Crippen LogP contribution in [0.15, 0.2) is 42.6 Å². The summed E-state index contributed by atoms with van der Waals surface area (Å²) in [5.41, 5.74) is 1.46. The topological polar surface area (TPSA) is 62.7 Å². The van der Waals surface area contributed by atoms with Crippen molar-refractivity contribution in [2.45, 2.75) is 25.0 Å². The number of aliphatic hydroxyl groups excluding tert-OH is 1. The molecule has 1 saturated heterocycles. The van der Waals surface area contributed by atoms with E-state index in [2.05, 4.69) is 4.98 Å². The van der Waals surface area contributed by atoms with E-state index >= 15 is 0 Å². The van der Waals surface area contributed by atoms with Crippen molar-refractivity contribution in [1.82, 2.24) is 9.88 Å². The van der Waals surface area contributed by atoms with Crippen LogP contribution in [0.5, 0.6) is 5.75 Å². The minimum atomic E-state index is -0.576. The van der Waals surface area contributed by atoms with Crippen molar-refractivity contribution in [1.29, 1.82) is 0 Å². The highest BCUT2D eigenvalue weighted by molar-refractivity contribution is 5.79. The van der Waals surface area contributed by atoms with Crippen molar-refractivity contribution in [2.24, 2.45) is 0 Å². The van der Waals surface area contributed by atoms with Gasteiger partial charge < -0.3 is 14.7 Å². The van der Waals surface area contributed by atoms with Crippen molar-refractivity contribution in [2.75, 3.05) is 13.7 Å². The van der Waals surface area contributed by atoms with Gasteiger partial charge in [0.2, 0.25) is 5.91 Å². The minimum absolute atomic E-state index is 0.112. The van der Waals surface area contributed by atoms with Crippen LogP contribution in [0, 0.1) is 5.82 Å². The van der Waals surface area contributed by atoms with Crippen LogP contribution in [0.3, 0.4) is 0 Å². The summed E-state index contributed by atoms with van der Waals surface area (Å²) >= 11 is 0. The Kier molecular flexibility index (Phi) is 4.76. The molecule has 2 atom stereocenters. The van der Waals surface area contributed by atoms with Crippen molar-refractivity contribution in [3.8, 4) is 5.75 Å². The van der Waals surface area contributed by atoms with Gasteiger partial charge in [-0.05, 0) is 36.2 Å². The third kappa shape index (κ3) is 3.54. The highest BCUT2D eigenvalue weighted by atomic mass is 19.1. The predicted octanol–water partition coefficient (Wildman–Crippen LogP) is 2.11. The van der Waals surface area contributed by atoms with E-state index in [1.54, 1.807) is 42.5 Å². The summed E-state index contributed by atoms with van der Waals surface area (Å²) in [5, 5.41) is 9.97. The molecule has 126 valence electrons. The summed E-state index contributed by atoms with van der Waals surface area (Å²) in [7, 11) is 1.56. The maximum absolute atomic E-state index is 13.1. The summed E-state index contributed by atoms with van der Waals surface area (Å²) in [4.78, 5) is 18.5. The van der Waals surface area contributed by atoms with Crippen molar-refractivity contribution >= 4 is 5.91 Å². The van der Waals surface area contributed by atoms with Crippen molar-refractivity contribution < 1.29 is 19.0 Å². The first-order valence-corrected chi connectivity index (χ1v) is 7.78. The van der Waals surface area contributed by atoms with Gasteiger partial charge in [-0.1, -0.05) is 12.1 Å². The molecule has 0 radical (unpaired) electrons. The largest absolute Gasteiger partial charge is 0.495 e. The zero-order chi connectivity index (χ0) is 17.1. The molecular formula is C18H19FN2O3. The normalized spacial score (nSPS) is 20.2. The average Bonchev–Trinajstić information content (AvgIpc) is 2.98. The van der Waals surface area contributed by atoms with Crippen LogP contribution in [-0.2, 0) is 11.2 Å². The number of hydrogen-bond acceptors (Lipinski definition) is 4. The molecule has 1 N–H and O–H groups in total. The van der Waals surface area contributed by atoms with Gasteiger partial charge in [-0.3, -0.25) is 9.78 Å².